The number of rotatable bonds is 4. The maximum atomic E-state index is 3.56. The molecule has 0 fully saturated rings. The first-order chi connectivity index (χ1) is 8.90. The highest BCUT2D eigenvalue weighted by atomic mass is 14.9. The van der Waals surface area contributed by atoms with E-state index in [-0.39, 0.29) is 0 Å². The smallest absolute Gasteiger partial charge is 0.0314 e. The summed E-state index contributed by atoms with van der Waals surface area (Å²) in [6.45, 7) is 0. The van der Waals surface area contributed by atoms with Crippen molar-refractivity contribution >= 4 is 0 Å². The maximum absolute atomic E-state index is 3.56. The predicted molar refractivity (Wildman–Crippen MR) is 79.8 cm³/mol. The average molecular weight is 247 g/mol. The maximum Gasteiger partial charge on any atom is 0.0314 e. The molecule has 1 heteroatoms. The first-order valence-electron chi connectivity index (χ1n) is 7.94. The van der Waals surface area contributed by atoms with Crippen molar-refractivity contribution in [1.82, 2.24) is 5.32 Å². The lowest BCUT2D eigenvalue weighted by Crippen LogP contribution is -2.28. The number of nitrogens with one attached hydrogen (secondary N) is 1. The van der Waals surface area contributed by atoms with Gasteiger partial charge in [0.1, 0.15) is 0 Å². The summed E-state index contributed by atoms with van der Waals surface area (Å²) in [6.07, 6.45) is 20.0. The molecule has 0 aromatic carbocycles. The summed E-state index contributed by atoms with van der Waals surface area (Å²) in [5, 5.41) is 3.56. The first-order valence-corrected chi connectivity index (χ1v) is 7.94. The molecule has 0 radical (unpaired) electrons. The fourth-order valence-electron chi connectivity index (χ4n) is 3.30. The molecule has 2 rings (SSSR count). The largest absolute Gasteiger partial charge is 0.313 e. The fourth-order valence-corrected chi connectivity index (χ4v) is 3.30. The van der Waals surface area contributed by atoms with Gasteiger partial charge < -0.3 is 5.32 Å². The van der Waals surface area contributed by atoms with Crippen LogP contribution in [0, 0.1) is 0 Å². The molecule has 2 aliphatic carbocycles. The van der Waals surface area contributed by atoms with Crippen LogP contribution in [-0.4, -0.2) is 13.1 Å². The third kappa shape index (κ3) is 4.28. The van der Waals surface area contributed by atoms with Gasteiger partial charge in [-0.15, -0.1) is 0 Å². The topological polar surface area (TPSA) is 12.0 Å². The van der Waals surface area contributed by atoms with E-state index >= 15 is 0 Å². The molecule has 0 heterocycles. The van der Waals surface area contributed by atoms with E-state index in [0.717, 1.165) is 0 Å². The second-order valence-corrected chi connectivity index (χ2v) is 5.89. The molecular weight excluding hydrogens is 218 g/mol. The Morgan fingerprint density at radius 2 is 1.67 bits per heavy atom. The molecule has 0 saturated carbocycles. The van der Waals surface area contributed by atoms with E-state index in [1.54, 1.807) is 11.1 Å². The molecule has 0 aromatic rings. The summed E-state index contributed by atoms with van der Waals surface area (Å²) >= 11 is 0. The summed E-state index contributed by atoms with van der Waals surface area (Å²) in [4.78, 5) is 0. The van der Waals surface area contributed by atoms with Crippen LogP contribution < -0.4 is 5.32 Å². The van der Waals surface area contributed by atoms with E-state index in [2.05, 4.69) is 24.5 Å². The molecule has 0 bridgehead atoms. The van der Waals surface area contributed by atoms with Crippen LogP contribution in [0.1, 0.15) is 70.6 Å². The van der Waals surface area contributed by atoms with Crippen molar-refractivity contribution in [3.05, 3.63) is 23.3 Å². The molecule has 102 valence electrons. The Hall–Kier alpha value is -0.560. The van der Waals surface area contributed by atoms with Gasteiger partial charge in [-0.25, -0.2) is 0 Å². The van der Waals surface area contributed by atoms with Gasteiger partial charge in [-0.05, 0) is 64.8 Å². The van der Waals surface area contributed by atoms with Gasteiger partial charge in [-0.3, -0.25) is 0 Å². The van der Waals surface area contributed by atoms with Crippen LogP contribution in [0.25, 0.3) is 0 Å². The zero-order valence-corrected chi connectivity index (χ0v) is 12.0. The third-order valence-corrected chi connectivity index (χ3v) is 4.47. The van der Waals surface area contributed by atoms with Crippen LogP contribution in [0.4, 0.5) is 0 Å². The van der Waals surface area contributed by atoms with Gasteiger partial charge in [0.15, 0.2) is 0 Å². The fraction of sp³-hybridized carbons (Fsp3) is 0.765. The molecule has 0 saturated heterocycles. The minimum Gasteiger partial charge on any atom is -0.313 e. The quantitative estimate of drug-likeness (QED) is 0.707. The normalized spacial score (nSPS) is 23.6. The van der Waals surface area contributed by atoms with E-state index in [9.17, 15) is 0 Å². The van der Waals surface area contributed by atoms with E-state index in [0.29, 0.717) is 6.04 Å². The Bertz CT molecular complexity index is 301. The highest BCUT2D eigenvalue weighted by Crippen LogP contribution is 2.26. The van der Waals surface area contributed by atoms with Gasteiger partial charge in [0.2, 0.25) is 0 Å². The van der Waals surface area contributed by atoms with Crippen molar-refractivity contribution in [3.8, 4) is 0 Å². The monoisotopic (exact) mass is 247 g/mol. The number of hydrogen-bond donors (Lipinski definition) is 1. The SMILES string of the molecule is CNC(CC1=CCCCC1)C1=CCCCCCC1. The Labute approximate surface area is 113 Å². The second-order valence-electron chi connectivity index (χ2n) is 5.89. The highest BCUT2D eigenvalue weighted by molar-refractivity contribution is 5.17. The number of allylic oxidation sites excluding steroid dienone is 2. The van der Waals surface area contributed by atoms with Crippen molar-refractivity contribution in [2.75, 3.05) is 7.05 Å². The lowest BCUT2D eigenvalue weighted by atomic mass is 9.88. The van der Waals surface area contributed by atoms with Crippen molar-refractivity contribution in [3.63, 3.8) is 0 Å². The first kappa shape index (κ1) is 13.9. The van der Waals surface area contributed by atoms with Crippen molar-refractivity contribution in [1.29, 1.82) is 0 Å². The van der Waals surface area contributed by atoms with E-state index < -0.39 is 0 Å². The highest BCUT2D eigenvalue weighted by Gasteiger charge is 2.16. The van der Waals surface area contributed by atoms with E-state index in [1.807, 2.05) is 0 Å². The molecule has 0 amide bonds. The molecule has 0 aliphatic heterocycles. The molecule has 18 heavy (non-hydrogen) atoms. The van der Waals surface area contributed by atoms with Gasteiger partial charge >= 0.3 is 0 Å². The zero-order chi connectivity index (χ0) is 12.6. The predicted octanol–water partition coefficient (Wildman–Crippen LogP) is 4.75. The summed E-state index contributed by atoms with van der Waals surface area (Å²) in [7, 11) is 2.13. The van der Waals surface area contributed by atoms with Gasteiger partial charge in [-0.2, -0.15) is 0 Å². The Kier molecular flexibility index (Phi) is 5.99. The van der Waals surface area contributed by atoms with E-state index in [4.69, 9.17) is 0 Å². The molecule has 0 aromatic heterocycles. The Morgan fingerprint density at radius 3 is 2.44 bits per heavy atom. The van der Waals surface area contributed by atoms with Crippen LogP contribution in [0.15, 0.2) is 23.3 Å². The molecule has 0 spiro atoms. The van der Waals surface area contributed by atoms with Gasteiger partial charge in [0, 0.05) is 6.04 Å². The lowest BCUT2D eigenvalue weighted by Gasteiger charge is -2.24. The standard InChI is InChI=1S/C17H29N/c1-18-17(14-15-10-6-5-7-11-15)16-12-8-3-2-4-9-13-16/h10,12,17-18H,2-9,11,13-14H2,1H3. The molecule has 1 nitrogen and oxygen atoms in total. The average Bonchev–Trinajstić information content (AvgIpc) is 2.37. The zero-order valence-electron chi connectivity index (χ0n) is 12.0. The summed E-state index contributed by atoms with van der Waals surface area (Å²) in [6, 6.07) is 0.604. The molecule has 2 aliphatic rings. The van der Waals surface area contributed by atoms with Crippen LogP contribution in [0.5, 0.6) is 0 Å². The van der Waals surface area contributed by atoms with E-state index in [1.165, 1.54) is 70.6 Å². The van der Waals surface area contributed by atoms with Gasteiger partial charge in [0.05, 0.1) is 0 Å². The Balaban J connectivity index is 1.95. The van der Waals surface area contributed by atoms with Crippen LogP contribution in [0.3, 0.4) is 0 Å². The number of likely N-dealkylation sites (N-methyl/N-ethyl adjacent to an activating group) is 1. The van der Waals surface area contributed by atoms with Gasteiger partial charge in [0.25, 0.3) is 0 Å². The van der Waals surface area contributed by atoms with Crippen LogP contribution in [-0.2, 0) is 0 Å². The van der Waals surface area contributed by atoms with Crippen LogP contribution in [0.2, 0.25) is 0 Å². The summed E-state index contributed by atoms with van der Waals surface area (Å²) in [5.74, 6) is 0. The summed E-state index contributed by atoms with van der Waals surface area (Å²) in [5.41, 5.74) is 3.38. The molecule has 1 unspecified atom stereocenters. The lowest BCUT2D eigenvalue weighted by molar-refractivity contribution is 0.542. The second kappa shape index (κ2) is 7.78. The molecule has 1 atom stereocenters. The minimum absolute atomic E-state index is 0.604. The van der Waals surface area contributed by atoms with Crippen molar-refractivity contribution in [2.45, 2.75) is 76.7 Å². The van der Waals surface area contributed by atoms with Crippen LogP contribution >= 0.6 is 0 Å². The Morgan fingerprint density at radius 1 is 0.944 bits per heavy atom. The molecule has 1 N–H and O–H groups in total. The number of hydrogen-bond acceptors (Lipinski definition) is 1. The molecular formula is C17H29N. The van der Waals surface area contributed by atoms with Crippen molar-refractivity contribution in [2.24, 2.45) is 0 Å². The third-order valence-electron chi connectivity index (χ3n) is 4.47. The van der Waals surface area contributed by atoms with Gasteiger partial charge in [-0.1, -0.05) is 36.1 Å². The minimum atomic E-state index is 0.604. The summed E-state index contributed by atoms with van der Waals surface area (Å²) < 4.78 is 0. The van der Waals surface area contributed by atoms with Crippen molar-refractivity contribution < 1.29 is 0 Å².